The van der Waals surface area contributed by atoms with Crippen LogP contribution >= 0.6 is 0 Å². The Bertz CT molecular complexity index is 433. The minimum Gasteiger partial charge on any atom is -0.486 e. The highest BCUT2D eigenvalue weighted by Gasteiger charge is 2.27. The lowest BCUT2D eigenvalue weighted by Gasteiger charge is -2.22. The molecular weight excluding hydrogens is 238 g/mol. The average Bonchev–Trinajstić information content (AvgIpc) is 2.86. The Morgan fingerprint density at radius 3 is 2.74 bits per heavy atom. The number of hydrogen-bond acceptors (Lipinski definition) is 3. The van der Waals surface area contributed by atoms with E-state index in [1.807, 2.05) is 0 Å². The highest BCUT2D eigenvalue weighted by Crippen LogP contribution is 2.36. The van der Waals surface area contributed by atoms with Crippen LogP contribution in [0.1, 0.15) is 24.8 Å². The van der Waals surface area contributed by atoms with Crippen LogP contribution in [-0.2, 0) is 6.42 Å². The molecule has 1 fully saturated rings. The van der Waals surface area contributed by atoms with Crippen molar-refractivity contribution in [3.05, 3.63) is 23.8 Å². The molecule has 3 nitrogen and oxygen atoms in total. The standard InChI is InChI=1S/C16H23NO2/c1-17-11-14-4-2-3-13(14)9-12-5-6-15-16(10-12)19-8-7-18-15/h5-6,10,13-14,17H,2-4,7-9,11H2,1H3. The van der Waals surface area contributed by atoms with E-state index in [1.54, 1.807) is 0 Å². The number of rotatable bonds is 4. The van der Waals surface area contributed by atoms with Gasteiger partial charge in [-0.05, 0) is 62.4 Å². The van der Waals surface area contributed by atoms with Crippen molar-refractivity contribution >= 4 is 0 Å². The van der Waals surface area contributed by atoms with Crippen LogP contribution in [-0.4, -0.2) is 26.8 Å². The van der Waals surface area contributed by atoms with Crippen molar-refractivity contribution < 1.29 is 9.47 Å². The van der Waals surface area contributed by atoms with E-state index in [1.165, 1.54) is 31.2 Å². The van der Waals surface area contributed by atoms with Gasteiger partial charge in [0.2, 0.25) is 0 Å². The molecule has 1 N–H and O–H groups in total. The molecule has 3 heteroatoms. The summed E-state index contributed by atoms with van der Waals surface area (Å²) in [7, 11) is 2.06. The fraction of sp³-hybridized carbons (Fsp3) is 0.625. The first-order valence-corrected chi connectivity index (χ1v) is 7.40. The fourth-order valence-electron chi connectivity index (χ4n) is 3.43. The molecule has 0 amide bonds. The van der Waals surface area contributed by atoms with Crippen LogP contribution in [0.25, 0.3) is 0 Å². The number of nitrogens with one attached hydrogen (secondary N) is 1. The topological polar surface area (TPSA) is 30.5 Å². The molecule has 0 radical (unpaired) electrons. The number of fused-ring (bicyclic) bond motifs is 1. The van der Waals surface area contributed by atoms with Gasteiger partial charge in [0.25, 0.3) is 0 Å². The van der Waals surface area contributed by atoms with Gasteiger partial charge < -0.3 is 14.8 Å². The predicted octanol–water partition coefficient (Wildman–Crippen LogP) is 2.64. The van der Waals surface area contributed by atoms with Gasteiger partial charge in [0.1, 0.15) is 13.2 Å². The summed E-state index contributed by atoms with van der Waals surface area (Å²) >= 11 is 0. The van der Waals surface area contributed by atoms with Crippen molar-refractivity contribution in [2.45, 2.75) is 25.7 Å². The van der Waals surface area contributed by atoms with Crippen molar-refractivity contribution in [1.82, 2.24) is 5.32 Å². The van der Waals surface area contributed by atoms with Gasteiger partial charge in [0.05, 0.1) is 0 Å². The molecule has 0 saturated heterocycles. The van der Waals surface area contributed by atoms with Crippen molar-refractivity contribution in [3.8, 4) is 11.5 Å². The summed E-state index contributed by atoms with van der Waals surface area (Å²) < 4.78 is 11.2. The highest BCUT2D eigenvalue weighted by molar-refractivity contribution is 5.43. The van der Waals surface area contributed by atoms with Crippen molar-refractivity contribution in [2.24, 2.45) is 11.8 Å². The molecule has 3 rings (SSSR count). The van der Waals surface area contributed by atoms with Gasteiger partial charge in [0, 0.05) is 0 Å². The van der Waals surface area contributed by atoms with Crippen LogP contribution in [0.3, 0.4) is 0 Å². The summed E-state index contributed by atoms with van der Waals surface area (Å²) in [6.45, 7) is 2.48. The second-order valence-corrected chi connectivity index (χ2v) is 5.69. The fourth-order valence-corrected chi connectivity index (χ4v) is 3.43. The minimum absolute atomic E-state index is 0.666. The first-order valence-electron chi connectivity index (χ1n) is 7.40. The summed E-state index contributed by atoms with van der Waals surface area (Å²) in [6.07, 6.45) is 5.28. The maximum Gasteiger partial charge on any atom is 0.161 e. The number of ether oxygens (including phenoxy) is 2. The summed E-state index contributed by atoms with van der Waals surface area (Å²) in [6, 6.07) is 6.43. The molecule has 104 valence electrons. The zero-order valence-electron chi connectivity index (χ0n) is 11.7. The van der Waals surface area contributed by atoms with Gasteiger partial charge in [-0.1, -0.05) is 12.5 Å². The van der Waals surface area contributed by atoms with Crippen LogP contribution < -0.4 is 14.8 Å². The van der Waals surface area contributed by atoms with Crippen LogP contribution in [0.2, 0.25) is 0 Å². The summed E-state index contributed by atoms with van der Waals surface area (Å²) in [5.74, 6) is 3.47. The molecule has 2 atom stereocenters. The lowest BCUT2D eigenvalue weighted by Crippen LogP contribution is -2.23. The molecular formula is C16H23NO2. The molecule has 0 spiro atoms. The van der Waals surface area contributed by atoms with Crippen molar-refractivity contribution in [2.75, 3.05) is 26.8 Å². The van der Waals surface area contributed by atoms with E-state index in [4.69, 9.17) is 9.47 Å². The van der Waals surface area contributed by atoms with Gasteiger partial charge in [-0.25, -0.2) is 0 Å². The predicted molar refractivity (Wildman–Crippen MR) is 75.9 cm³/mol. The summed E-state index contributed by atoms with van der Waals surface area (Å²) in [5, 5.41) is 3.33. The zero-order chi connectivity index (χ0) is 13.1. The Hall–Kier alpha value is -1.22. The number of benzene rings is 1. The Morgan fingerprint density at radius 2 is 1.89 bits per heavy atom. The zero-order valence-corrected chi connectivity index (χ0v) is 11.7. The molecule has 1 aromatic carbocycles. The van der Waals surface area contributed by atoms with Gasteiger partial charge >= 0.3 is 0 Å². The molecule has 2 unspecified atom stereocenters. The van der Waals surface area contributed by atoms with E-state index < -0.39 is 0 Å². The van der Waals surface area contributed by atoms with E-state index in [0.717, 1.165) is 29.9 Å². The smallest absolute Gasteiger partial charge is 0.161 e. The van der Waals surface area contributed by atoms with Crippen LogP contribution in [0.15, 0.2) is 18.2 Å². The van der Waals surface area contributed by atoms with Gasteiger partial charge in [-0.15, -0.1) is 0 Å². The second kappa shape index (κ2) is 5.83. The quantitative estimate of drug-likeness (QED) is 0.904. The third kappa shape index (κ3) is 2.86. The third-order valence-electron chi connectivity index (χ3n) is 4.39. The molecule has 1 aliphatic heterocycles. The molecule has 0 bridgehead atoms. The number of hydrogen-bond donors (Lipinski definition) is 1. The molecule has 19 heavy (non-hydrogen) atoms. The van der Waals surface area contributed by atoms with E-state index >= 15 is 0 Å². The van der Waals surface area contributed by atoms with Crippen molar-refractivity contribution in [3.63, 3.8) is 0 Å². The maximum atomic E-state index is 5.67. The molecule has 1 aliphatic carbocycles. The molecule has 0 aromatic heterocycles. The monoisotopic (exact) mass is 261 g/mol. The van der Waals surface area contributed by atoms with Crippen molar-refractivity contribution in [1.29, 1.82) is 0 Å². The minimum atomic E-state index is 0.666. The highest BCUT2D eigenvalue weighted by atomic mass is 16.6. The molecule has 1 saturated carbocycles. The Labute approximate surface area is 115 Å². The Morgan fingerprint density at radius 1 is 1.11 bits per heavy atom. The van der Waals surface area contributed by atoms with E-state index in [0.29, 0.717) is 13.2 Å². The van der Waals surface area contributed by atoms with E-state index in [2.05, 4.69) is 30.6 Å². The maximum absolute atomic E-state index is 5.67. The van der Waals surface area contributed by atoms with Gasteiger partial charge in [-0.2, -0.15) is 0 Å². The van der Waals surface area contributed by atoms with Gasteiger partial charge in [-0.3, -0.25) is 0 Å². The average molecular weight is 261 g/mol. The normalized spacial score (nSPS) is 25.5. The SMILES string of the molecule is CNCC1CCCC1Cc1ccc2c(c1)OCCO2. The summed E-state index contributed by atoms with van der Waals surface area (Å²) in [4.78, 5) is 0. The van der Waals surface area contributed by atoms with E-state index in [-0.39, 0.29) is 0 Å². The summed E-state index contributed by atoms with van der Waals surface area (Å²) in [5.41, 5.74) is 1.39. The molecule has 2 aliphatic rings. The van der Waals surface area contributed by atoms with Crippen LogP contribution in [0, 0.1) is 11.8 Å². The lowest BCUT2D eigenvalue weighted by molar-refractivity contribution is 0.171. The molecule has 1 aromatic rings. The van der Waals surface area contributed by atoms with Gasteiger partial charge in [0.15, 0.2) is 11.5 Å². The Kier molecular flexibility index (Phi) is 3.92. The van der Waals surface area contributed by atoms with E-state index in [9.17, 15) is 0 Å². The largest absolute Gasteiger partial charge is 0.486 e. The molecule has 1 heterocycles. The second-order valence-electron chi connectivity index (χ2n) is 5.69. The first-order chi connectivity index (χ1) is 9.36. The Balaban J connectivity index is 1.69. The first kappa shape index (κ1) is 12.8. The van der Waals surface area contributed by atoms with Crippen LogP contribution in [0.4, 0.5) is 0 Å². The third-order valence-corrected chi connectivity index (χ3v) is 4.39. The van der Waals surface area contributed by atoms with Crippen LogP contribution in [0.5, 0.6) is 11.5 Å². The lowest BCUT2D eigenvalue weighted by atomic mass is 9.89.